The quantitative estimate of drug-likeness (QED) is 0.451. The summed E-state index contributed by atoms with van der Waals surface area (Å²) in [5.41, 5.74) is 5.87. The minimum atomic E-state index is -0.252. The second-order valence-corrected chi connectivity index (χ2v) is 8.70. The van der Waals surface area contributed by atoms with E-state index in [0.717, 1.165) is 45.5 Å². The van der Waals surface area contributed by atoms with E-state index in [1.54, 1.807) is 0 Å². The van der Waals surface area contributed by atoms with E-state index < -0.39 is 0 Å². The molecule has 1 aromatic heterocycles. The summed E-state index contributed by atoms with van der Waals surface area (Å²) >= 11 is 7.30. The van der Waals surface area contributed by atoms with Crippen LogP contribution in [0.2, 0.25) is 5.02 Å². The first-order chi connectivity index (χ1) is 14.4. The fraction of sp³-hybridized carbons (Fsp3) is 0.167. The Hall–Kier alpha value is -2.76. The molecule has 0 spiro atoms. The average molecular weight is 437 g/mol. The molecule has 1 aliphatic heterocycles. The molecule has 0 saturated carbocycles. The molecule has 30 heavy (non-hydrogen) atoms. The van der Waals surface area contributed by atoms with Gasteiger partial charge >= 0.3 is 0 Å². The zero-order chi connectivity index (χ0) is 21.4. The number of aromatic nitrogens is 1. The lowest BCUT2D eigenvalue weighted by Crippen LogP contribution is -2.27. The van der Waals surface area contributed by atoms with Gasteiger partial charge in [0.15, 0.2) is 0 Å². The van der Waals surface area contributed by atoms with Gasteiger partial charge in [0.25, 0.3) is 11.1 Å². The van der Waals surface area contributed by atoms with Gasteiger partial charge in [-0.15, -0.1) is 0 Å². The molecule has 152 valence electrons. The van der Waals surface area contributed by atoms with Crippen LogP contribution in [-0.4, -0.2) is 20.6 Å². The molecule has 3 aromatic rings. The van der Waals surface area contributed by atoms with E-state index >= 15 is 0 Å². The molecular weight excluding hydrogens is 416 g/mol. The van der Waals surface area contributed by atoms with Crippen molar-refractivity contribution in [2.75, 3.05) is 0 Å². The molecule has 2 heterocycles. The van der Waals surface area contributed by atoms with Gasteiger partial charge in [-0.3, -0.25) is 14.5 Å². The number of hydrogen-bond acceptors (Lipinski definition) is 3. The van der Waals surface area contributed by atoms with E-state index in [2.05, 4.69) is 4.57 Å². The lowest BCUT2D eigenvalue weighted by Gasteiger charge is -2.13. The molecule has 0 N–H and O–H groups in total. The van der Waals surface area contributed by atoms with E-state index in [0.29, 0.717) is 9.93 Å². The van der Waals surface area contributed by atoms with Gasteiger partial charge in [0.2, 0.25) is 0 Å². The Morgan fingerprint density at radius 2 is 1.73 bits per heavy atom. The first kappa shape index (κ1) is 20.5. The van der Waals surface area contributed by atoms with E-state index in [-0.39, 0.29) is 17.7 Å². The zero-order valence-electron chi connectivity index (χ0n) is 17.0. The Balaban J connectivity index is 1.67. The first-order valence-electron chi connectivity index (χ1n) is 9.60. The van der Waals surface area contributed by atoms with Crippen molar-refractivity contribution in [3.8, 4) is 5.69 Å². The zero-order valence-corrected chi connectivity index (χ0v) is 18.6. The Morgan fingerprint density at radius 1 is 1.00 bits per heavy atom. The van der Waals surface area contributed by atoms with Gasteiger partial charge in [0.1, 0.15) is 0 Å². The Bertz CT molecular complexity index is 1180. The number of imide groups is 1. The third kappa shape index (κ3) is 3.71. The van der Waals surface area contributed by atoms with Crippen molar-refractivity contribution in [1.29, 1.82) is 0 Å². The van der Waals surface area contributed by atoms with Crippen LogP contribution in [0.25, 0.3) is 11.8 Å². The van der Waals surface area contributed by atoms with Crippen LogP contribution in [0.4, 0.5) is 4.79 Å². The van der Waals surface area contributed by atoms with Crippen LogP contribution in [0.1, 0.15) is 28.1 Å². The lowest BCUT2D eigenvalue weighted by molar-refractivity contribution is -0.123. The summed E-state index contributed by atoms with van der Waals surface area (Å²) in [7, 11) is 0. The molecule has 1 aliphatic rings. The van der Waals surface area contributed by atoms with Crippen molar-refractivity contribution >= 4 is 40.6 Å². The number of amides is 2. The second-order valence-electron chi connectivity index (χ2n) is 7.30. The molecule has 1 saturated heterocycles. The Kier molecular flexibility index (Phi) is 5.58. The van der Waals surface area contributed by atoms with Gasteiger partial charge in [-0.2, -0.15) is 0 Å². The minimum Gasteiger partial charge on any atom is -0.318 e. The lowest BCUT2D eigenvalue weighted by atomic mass is 10.2. The number of nitrogens with zero attached hydrogens (tertiary/aromatic N) is 2. The molecule has 0 bridgehead atoms. The van der Waals surface area contributed by atoms with E-state index in [4.69, 9.17) is 11.6 Å². The van der Waals surface area contributed by atoms with Crippen LogP contribution in [-0.2, 0) is 11.3 Å². The van der Waals surface area contributed by atoms with Crippen LogP contribution in [0.3, 0.4) is 0 Å². The van der Waals surface area contributed by atoms with Crippen molar-refractivity contribution < 1.29 is 9.59 Å². The van der Waals surface area contributed by atoms with Crippen molar-refractivity contribution in [3.05, 3.63) is 92.6 Å². The van der Waals surface area contributed by atoms with Crippen molar-refractivity contribution in [2.45, 2.75) is 27.3 Å². The predicted molar refractivity (Wildman–Crippen MR) is 123 cm³/mol. The van der Waals surface area contributed by atoms with Crippen molar-refractivity contribution in [1.82, 2.24) is 9.47 Å². The van der Waals surface area contributed by atoms with Crippen LogP contribution in [0.15, 0.2) is 59.5 Å². The van der Waals surface area contributed by atoms with Crippen LogP contribution >= 0.6 is 23.4 Å². The summed E-state index contributed by atoms with van der Waals surface area (Å²) in [6.07, 6.45) is 1.81. The summed E-state index contributed by atoms with van der Waals surface area (Å²) in [5.74, 6) is -0.252. The summed E-state index contributed by atoms with van der Waals surface area (Å²) in [6, 6.07) is 17.4. The number of benzene rings is 2. The number of carbonyl (C=O) groups excluding carboxylic acids is 2. The van der Waals surface area contributed by atoms with E-state index in [9.17, 15) is 9.59 Å². The number of thioether (sulfide) groups is 1. The average Bonchev–Trinajstić information content (AvgIpc) is 3.15. The molecule has 4 rings (SSSR count). The van der Waals surface area contributed by atoms with Gasteiger partial charge in [-0.05, 0) is 73.5 Å². The normalized spacial score (nSPS) is 15.5. The maximum Gasteiger partial charge on any atom is 0.293 e. The number of rotatable bonds is 4. The highest BCUT2D eigenvalue weighted by atomic mass is 35.5. The van der Waals surface area contributed by atoms with E-state index in [1.807, 2.05) is 81.4 Å². The fourth-order valence-corrected chi connectivity index (χ4v) is 4.69. The molecule has 0 aliphatic carbocycles. The second kappa shape index (κ2) is 8.17. The van der Waals surface area contributed by atoms with Crippen LogP contribution < -0.4 is 0 Å². The van der Waals surface area contributed by atoms with Gasteiger partial charge in [0.05, 0.1) is 11.4 Å². The first-order valence-corrected chi connectivity index (χ1v) is 10.8. The molecule has 2 amide bonds. The largest absolute Gasteiger partial charge is 0.318 e. The van der Waals surface area contributed by atoms with Crippen LogP contribution in [0.5, 0.6) is 0 Å². The Labute approximate surface area is 185 Å². The molecule has 0 radical (unpaired) electrons. The number of halogens is 1. The fourth-order valence-electron chi connectivity index (χ4n) is 3.69. The summed E-state index contributed by atoms with van der Waals surface area (Å²) in [6.45, 7) is 6.30. The van der Waals surface area contributed by atoms with E-state index in [1.165, 1.54) is 4.90 Å². The molecular formula is C24H21ClN2O2S. The smallest absolute Gasteiger partial charge is 0.293 e. The van der Waals surface area contributed by atoms with Gasteiger partial charge in [-0.25, -0.2) is 0 Å². The maximum atomic E-state index is 12.9. The summed E-state index contributed by atoms with van der Waals surface area (Å²) < 4.78 is 2.13. The SMILES string of the molecule is Cc1c(Cl)cccc1-n1c(C)cc(/C=C2\SC(=O)N(Cc3ccccc3)C2=O)c1C. The Morgan fingerprint density at radius 3 is 2.47 bits per heavy atom. The van der Waals surface area contributed by atoms with Crippen molar-refractivity contribution in [3.63, 3.8) is 0 Å². The third-order valence-electron chi connectivity index (χ3n) is 5.29. The highest BCUT2D eigenvalue weighted by Crippen LogP contribution is 2.35. The number of carbonyl (C=O) groups is 2. The number of aryl methyl sites for hydroxylation is 1. The third-order valence-corrected chi connectivity index (χ3v) is 6.61. The van der Waals surface area contributed by atoms with Gasteiger partial charge in [0, 0.05) is 22.1 Å². The minimum absolute atomic E-state index is 0.241. The molecule has 4 nitrogen and oxygen atoms in total. The number of hydrogen-bond donors (Lipinski definition) is 0. The molecule has 2 aromatic carbocycles. The molecule has 0 atom stereocenters. The standard InChI is InChI=1S/C24H21ClN2O2S/c1-15-12-19(17(3)27(15)21-11-7-10-20(25)16(21)2)13-22-23(28)26(24(29)30-22)14-18-8-5-4-6-9-18/h4-13H,14H2,1-3H3/b22-13-. The van der Waals surface area contributed by atoms with Gasteiger partial charge < -0.3 is 4.57 Å². The van der Waals surface area contributed by atoms with Gasteiger partial charge in [-0.1, -0.05) is 48.0 Å². The summed E-state index contributed by atoms with van der Waals surface area (Å²) in [4.78, 5) is 27.1. The van der Waals surface area contributed by atoms with Crippen LogP contribution in [0, 0.1) is 20.8 Å². The molecule has 6 heteroatoms. The molecule has 1 fully saturated rings. The highest BCUT2D eigenvalue weighted by molar-refractivity contribution is 8.18. The summed E-state index contributed by atoms with van der Waals surface area (Å²) in [5, 5.41) is 0.471. The highest BCUT2D eigenvalue weighted by Gasteiger charge is 2.35. The molecule has 0 unspecified atom stereocenters. The monoisotopic (exact) mass is 436 g/mol. The van der Waals surface area contributed by atoms with Crippen molar-refractivity contribution in [2.24, 2.45) is 0 Å². The maximum absolute atomic E-state index is 12.9. The topological polar surface area (TPSA) is 42.3 Å². The predicted octanol–water partition coefficient (Wildman–Crippen LogP) is 6.29.